The number of halogens is 1. The van der Waals surface area contributed by atoms with Crippen LogP contribution in [-0.2, 0) is 19.5 Å². The van der Waals surface area contributed by atoms with E-state index >= 15 is 4.39 Å². The molecule has 11 heteroatoms. The maximum atomic E-state index is 15.6. The summed E-state index contributed by atoms with van der Waals surface area (Å²) in [5.41, 5.74) is 4.14. The molecule has 2 aromatic carbocycles. The largest absolute Gasteiger partial charge is 0.363 e. The lowest BCUT2D eigenvalue weighted by Gasteiger charge is -2.24. The predicted octanol–water partition coefficient (Wildman–Crippen LogP) is 3.69. The number of tetrazole rings is 1. The SMILES string of the molecule is Fc1c(NCc2ccc(Cc3nn[nH]n3)cc2)ncnc1N(Cc1ccc(-n2cccn2)cc1)C1CC1. The van der Waals surface area contributed by atoms with E-state index in [0.717, 1.165) is 35.2 Å². The number of aromatic nitrogens is 8. The lowest BCUT2D eigenvalue weighted by Crippen LogP contribution is -2.27. The Morgan fingerprint density at radius 1 is 1.00 bits per heavy atom. The minimum Gasteiger partial charge on any atom is -0.363 e. The van der Waals surface area contributed by atoms with Gasteiger partial charge < -0.3 is 10.2 Å². The van der Waals surface area contributed by atoms with Crippen molar-refractivity contribution in [3.63, 3.8) is 0 Å². The van der Waals surface area contributed by atoms with Gasteiger partial charge in [-0.15, -0.1) is 10.2 Å². The molecule has 2 N–H and O–H groups in total. The highest BCUT2D eigenvalue weighted by atomic mass is 19.1. The first-order chi connectivity index (χ1) is 18.2. The summed E-state index contributed by atoms with van der Waals surface area (Å²) < 4.78 is 17.4. The Balaban J connectivity index is 1.13. The maximum Gasteiger partial charge on any atom is 0.207 e. The van der Waals surface area contributed by atoms with Gasteiger partial charge in [0, 0.05) is 37.9 Å². The number of rotatable bonds is 10. The van der Waals surface area contributed by atoms with Crippen molar-refractivity contribution in [2.24, 2.45) is 0 Å². The number of anilines is 2. The van der Waals surface area contributed by atoms with Crippen molar-refractivity contribution in [1.82, 2.24) is 40.4 Å². The van der Waals surface area contributed by atoms with Crippen LogP contribution in [0.5, 0.6) is 0 Å². The minimum absolute atomic E-state index is 0.195. The number of aromatic amines is 1. The Morgan fingerprint density at radius 2 is 1.78 bits per heavy atom. The zero-order valence-corrected chi connectivity index (χ0v) is 20.0. The van der Waals surface area contributed by atoms with Gasteiger partial charge in [-0.05, 0) is 47.7 Å². The second kappa shape index (κ2) is 10.1. The molecule has 1 aliphatic rings. The molecule has 10 nitrogen and oxygen atoms in total. The highest BCUT2D eigenvalue weighted by molar-refractivity contribution is 5.53. The number of hydrogen-bond acceptors (Lipinski definition) is 8. The van der Waals surface area contributed by atoms with Crippen molar-refractivity contribution >= 4 is 11.6 Å². The third-order valence-corrected chi connectivity index (χ3v) is 6.32. The van der Waals surface area contributed by atoms with E-state index in [1.54, 1.807) is 6.20 Å². The molecule has 0 unspecified atom stereocenters. The third-order valence-electron chi connectivity index (χ3n) is 6.32. The zero-order valence-electron chi connectivity index (χ0n) is 20.0. The molecule has 186 valence electrons. The van der Waals surface area contributed by atoms with Gasteiger partial charge in [-0.1, -0.05) is 41.6 Å². The first-order valence-corrected chi connectivity index (χ1v) is 12.1. The van der Waals surface area contributed by atoms with Gasteiger partial charge in [-0.25, -0.2) is 14.6 Å². The fourth-order valence-electron chi connectivity index (χ4n) is 4.22. The predicted molar refractivity (Wildman–Crippen MR) is 136 cm³/mol. The number of hydrogen-bond donors (Lipinski definition) is 2. The van der Waals surface area contributed by atoms with E-state index in [4.69, 9.17) is 0 Å². The van der Waals surface area contributed by atoms with Gasteiger partial charge in [0.2, 0.25) is 5.82 Å². The van der Waals surface area contributed by atoms with E-state index in [0.29, 0.717) is 31.2 Å². The zero-order chi connectivity index (χ0) is 25.0. The molecule has 1 saturated carbocycles. The fourth-order valence-corrected chi connectivity index (χ4v) is 4.22. The van der Waals surface area contributed by atoms with E-state index in [-0.39, 0.29) is 11.9 Å². The van der Waals surface area contributed by atoms with Crippen molar-refractivity contribution in [2.75, 3.05) is 10.2 Å². The van der Waals surface area contributed by atoms with E-state index in [1.165, 1.54) is 6.33 Å². The molecule has 1 fully saturated rings. The summed E-state index contributed by atoms with van der Waals surface area (Å²) in [4.78, 5) is 10.5. The van der Waals surface area contributed by atoms with Crippen LogP contribution in [0.25, 0.3) is 5.69 Å². The van der Waals surface area contributed by atoms with Crippen LogP contribution in [0.1, 0.15) is 35.4 Å². The summed E-state index contributed by atoms with van der Waals surface area (Å²) in [5, 5.41) is 21.4. The van der Waals surface area contributed by atoms with Crippen LogP contribution in [-0.4, -0.2) is 46.4 Å². The molecule has 37 heavy (non-hydrogen) atoms. The van der Waals surface area contributed by atoms with Crippen LogP contribution in [0.2, 0.25) is 0 Å². The summed E-state index contributed by atoms with van der Waals surface area (Å²) in [7, 11) is 0. The molecule has 0 amide bonds. The standard InChI is InChI=1S/C26H25FN10/c27-24-25(28-15-19-4-2-18(3-5-19)14-23-32-34-35-33-23)29-17-30-26(24)36(21-10-11-21)16-20-6-8-22(9-7-20)37-13-1-12-31-37/h1-9,12-13,17,21H,10-11,14-16H2,(H,28,29,30)(H,32,33,34,35). The molecule has 3 aromatic heterocycles. The molecule has 0 atom stereocenters. The Morgan fingerprint density at radius 3 is 2.49 bits per heavy atom. The van der Waals surface area contributed by atoms with E-state index < -0.39 is 5.82 Å². The molecular formula is C26H25FN10. The highest BCUT2D eigenvalue weighted by Gasteiger charge is 2.32. The van der Waals surface area contributed by atoms with Crippen molar-refractivity contribution < 1.29 is 4.39 Å². The maximum absolute atomic E-state index is 15.6. The van der Waals surface area contributed by atoms with Gasteiger partial charge in [-0.3, -0.25) is 0 Å². The average molecular weight is 497 g/mol. The lowest BCUT2D eigenvalue weighted by atomic mass is 10.1. The average Bonchev–Trinajstić information content (AvgIpc) is 3.37. The van der Waals surface area contributed by atoms with Crippen molar-refractivity contribution in [3.05, 3.63) is 102 Å². The van der Waals surface area contributed by atoms with Crippen LogP contribution in [0.3, 0.4) is 0 Å². The number of benzene rings is 2. The van der Waals surface area contributed by atoms with Gasteiger partial charge >= 0.3 is 0 Å². The van der Waals surface area contributed by atoms with Gasteiger partial charge in [-0.2, -0.15) is 14.7 Å². The quantitative estimate of drug-likeness (QED) is 0.301. The van der Waals surface area contributed by atoms with Crippen LogP contribution in [0.4, 0.5) is 16.0 Å². The van der Waals surface area contributed by atoms with Gasteiger partial charge in [0.25, 0.3) is 0 Å². The van der Waals surface area contributed by atoms with Crippen LogP contribution >= 0.6 is 0 Å². The van der Waals surface area contributed by atoms with E-state index in [2.05, 4.69) is 41.0 Å². The molecule has 0 saturated heterocycles. The number of nitrogens with one attached hydrogen (secondary N) is 2. The molecule has 0 radical (unpaired) electrons. The monoisotopic (exact) mass is 496 g/mol. The van der Waals surface area contributed by atoms with Gasteiger partial charge in [0.15, 0.2) is 17.5 Å². The summed E-state index contributed by atoms with van der Waals surface area (Å²) in [5.74, 6) is 0.721. The normalized spacial score (nSPS) is 13.0. The number of nitrogens with zero attached hydrogens (tertiary/aromatic N) is 8. The first kappa shape index (κ1) is 22.8. The molecule has 0 spiro atoms. The second-order valence-corrected chi connectivity index (χ2v) is 9.01. The minimum atomic E-state index is -0.434. The highest BCUT2D eigenvalue weighted by Crippen LogP contribution is 2.34. The van der Waals surface area contributed by atoms with Crippen LogP contribution < -0.4 is 10.2 Å². The summed E-state index contributed by atoms with van der Waals surface area (Å²) >= 11 is 0. The van der Waals surface area contributed by atoms with Crippen LogP contribution in [0, 0.1) is 5.82 Å². The topological polar surface area (TPSA) is 113 Å². The van der Waals surface area contributed by atoms with Gasteiger partial charge in [0.05, 0.1) is 5.69 Å². The summed E-state index contributed by atoms with van der Waals surface area (Å²) in [6.45, 7) is 1.01. The first-order valence-electron chi connectivity index (χ1n) is 12.1. The summed E-state index contributed by atoms with van der Waals surface area (Å²) in [6, 6.07) is 18.3. The van der Waals surface area contributed by atoms with Crippen molar-refractivity contribution in [2.45, 2.75) is 38.4 Å². The molecule has 3 heterocycles. The lowest BCUT2D eigenvalue weighted by molar-refractivity contribution is 0.601. The van der Waals surface area contributed by atoms with Crippen molar-refractivity contribution in [1.29, 1.82) is 0 Å². The molecular weight excluding hydrogens is 471 g/mol. The van der Waals surface area contributed by atoms with Crippen LogP contribution in [0.15, 0.2) is 73.3 Å². The number of H-pyrrole nitrogens is 1. The molecule has 1 aliphatic carbocycles. The molecule has 0 aliphatic heterocycles. The summed E-state index contributed by atoms with van der Waals surface area (Å²) in [6.07, 6.45) is 7.71. The Labute approximate surface area is 212 Å². The fraction of sp³-hybridized carbons (Fsp3) is 0.231. The Kier molecular flexibility index (Phi) is 6.24. The Bertz CT molecular complexity index is 1430. The van der Waals surface area contributed by atoms with E-state index in [1.807, 2.05) is 70.4 Å². The third kappa shape index (κ3) is 5.30. The van der Waals surface area contributed by atoms with Gasteiger partial charge in [0.1, 0.15) is 6.33 Å². The molecule has 5 aromatic rings. The Hall–Kier alpha value is -4.67. The molecule has 6 rings (SSSR count). The second-order valence-electron chi connectivity index (χ2n) is 9.01. The van der Waals surface area contributed by atoms with Crippen molar-refractivity contribution in [3.8, 4) is 5.69 Å². The van der Waals surface area contributed by atoms with E-state index in [9.17, 15) is 0 Å². The smallest absolute Gasteiger partial charge is 0.207 e. The molecule has 0 bridgehead atoms.